The number of hydrogen-bond donors (Lipinski definition) is 0. The van der Waals surface area contributed by atoms with Crippen molar-refractivity contribution >= 4 is 34.7 Å². The van der Waals surface area contributed by atoms with Gasteiger partial charge in [-0.15, -0.1) is 0 Å². The van der Waals surface area contributed by atoms with Crippen LogP contribution in [0.25, 0.3) is 5.57 Å². The molecule has 156 valence electrons. The van der Waals surface area contributed by atoms with Crippen LogP contribution in [0.1, 0.15) is 5.56 Å². The predicted molar refractivity (Wildman–Crippen MR) is 113 cm³/mol. The summed E-state index contributed by atoms with van der Waals surface area (Å²) in [5.74, 6) is -0.846. The first-order valence-corrected chi connectivity index (χ1v) is 9.94. The lowest BCUT2D eigenvalue weighted by atomic mass is 10.0. The summed E-state index contributed by atoms with van der Waals surface area (Å²) in [7, 11) is 3.58. The molecule has 0 unspecified atom stereocenters. The van der Waals surface area contributed by atoms with E-state index in [1.807, 2.05) is 11.9 Å². The molecule has 30 heavy (non-hydrogen) atoms. The van der Waals surface area contributed by atoms with E-state index in [1.54, 1.807) is 31.4 Å². The van der Waals surface area contributed by atoms with Crippen molar-refractivity contribution in [1.29, 1.82) is 0 Å². The highest BCUT2D eigenvalue weighted by Crippen LogP contribution is 2.36. The zero-order valence-corrected chi connectivity index (χ0v) is 17.4. The van der Waals surface area contributed by atoms with Crippen molar-refractivity contribution in [3.05, 3.63) is 64.6 Å². The van der Waals surface area contributed by atoms with Crippen LogP contribution in [-0.4, -0.2) is 62.0 Å². The molecule has 4 rings (SSSR count). The lowest BCUT2D eigenvalue weighted by Crippen LogP contribution is -2.46. The standard InChI is InChI=1S/C22H21ClFN3O3/c1-25-9-11-26(12-10-25)20-19(14-3-6-16(30-2)7-4-14)21(28)27(22(20)29)15-5-8-18(24)17(23)13-15/h3-8,13H,9-12H2,1-2H3. The number of imide groups is 1. The molecule has 8 heteroatoms. The molecule has 0 radical (unpaired) electrons. The van der Waals surface area contributed by atoms with Crippen LogP contribution in [-0.2, 0) is 9.59 Å². The third-order valence-electron chi connectivity index (χ3n) is 5.42. The summed E-state index contributed by atoms with van der Waals surface area (Å²) in [6, 6.07) is 10.9. The maximum absolute atomic E-state index is 13.6. The first-order valence-electron chi connectivity index (χ1n) is 9.56. The highest BCUT2D eigenvalue weighted by molar-refractivity contribution is 6.45. The van der Waals surface area contributed by atoms with Gasteiger partial charge in [0.15, 0.2) is 0 Å². The van der Waals surface area contributed by atoms with Gasteiger partial charge in [-0.2, -0.15) is 0 Å². The van der Waals surface area contributed by atoms with Crippen molar-refractivity contribution in [3.8, 4) is 5.75 Å². The van der Waals surface area contributed by atoms with Gasteiger partial charge < -0.3 is 14.5 Å². The number of benzene rings is 2. The van der Waals surface area contributed by atoms with Gasteiger partial charge in [-0.05, 0) is 42.9 Å². The molecular weight excluding hydrogens is 409 g/mol. The Hall–Kier alpha value is -2.90. The fourth-order valence-corrected chi connectivity index (χ4v) is 3.89. The van der Waals surface area contributed by atoms with Crippen molar-refractivity contribution in [2.24, 2.45) is 0 Å². The molecule has 2 aliphatic heterocycles. The Morgan fingerprint density at radius 2 is 1.63 bits per heavy atom. The van der Waals surface area contributed by atoms with Crippen LogP contribution in [0.3, 0.4) is 0 Å². The number of nitrogens with zero attached hydrogens (tertiary/aromatic N) is 3. The number of piperazine rings is 1. The third kappa shape index (κ3) is 3.55. The van der Waals surface area contributed by atoms with Gasteiger partial charge in [-0.1, -0.05) is 23.7 Å². The lowest BCUT2D eigenvalue weighted by Gasteiger charge is -2.34. The van der Waals surface area contributed by atoms with E-state index in [9.17, 15) is 14.0 Å². The summed E-state index contributed by atoms with van der Waals surface area (Å²) in [5, 5.41) is -0.146. The monoisotopic (exact) mass is 429 g/mol. The molecule has 2 heterocycles. The van der Waals surface area contributed by atoms with Crippen LogP contribution < -0.4 is 9.64 Å². The fourth-order valence-electron chi connectivity index (χ4n) is 3.72. The maximum atomic E-state index is 13.6. The normalized spacial score (nSPS) is 17.9. The molecule has 0 N–H and O–H groups in total. The second-order valence-corrected chi connectivity index (χ2v) is 7.69. The van der Waals surface area contributed by atoms with Crippen molar-refractivity contribution < 1.29 is 18.7 Å². The third-order valence-corrected chi connectivity index (χ3v) is 5.71. The summed E-state index contributed by atoms with van der Waals surface area (Å²) >= 11 is 5.91. The molecule has 2 aromatic carbocycles. The maximum Gasteiger partial charge on any atom is 0.282 e. The minimum absolute atomic E-state index is 0.146. The number of anilines is 1. The van der Waals surface area contributed by atoms with E-state index in [1.165, 1.54) is 12.1 Å². The van der Waals surface area contributed by atoms with Crippen molar-refractivity contribution in [3.63, 3.8) is 0 Å². The number of rotatable bonds is 4. The van der Waals surface area contributed by atoms with Crippen molar-refractivity contribution in [2.45, 2.75) is 0 Å². The van der Waals surface area contributed by atoms with E-state index in [0.717, 1.165) is 24.1 Å². The van der Waals surface area contributed by atoms with Crippen LogP contribution in [0, 0.1) is 5.82 Å². The average molecular weight is 430 g/mol. The Morgan fingerprint density at radius 3 is 2.23 bits per heavy atom. The SMILES string of the molecule is COc1ccc(C2=C(N3CCN(C)CC3)C(=O)N(c3ccc(F)c(Cl)c3)C2=O)cc1. The van der Waals surface area contributed by atoms with Gasteiger partial charge >= 0.3 is 0 Å². The highest BCUT2D eigenvalue weighted by Gasteiger charge is 2.43. The van der Waals surface area contributed by atoms with Crippen LogP contribution in [0.5, 0.6) is 5.75 Å². The molecule has 0 saturated carbocycles. The molecular formula is C22H21ClFN3O3. The molecule has 6 nitrogen and oxygen atoms in total. The van der Waals surface area contributed by atoms with Gasteiger partial charge in [0.25, 0.3) is 11.8 Å². The minimum Gasteiger partial charge on any atom is -0.497 e. The molecule has 0 bridgehead atoms. The number of amides is 2. The molecule has 0 aliphatic carbocycles. The summed E-state index contributed by atoms with van der Waals surface area (Å²) in [6.07, 6.45) is 0. The number of carbonyl (C=O) groups is 2. The van der Waals surface area contributed by atoms with Crippen LogP contribution in [0.4, 0.5) is 10.1 Å². The number of likely N-dealkylation sites (N-methyl/N-ethyl adjacent to an activating group) is 1. The van der Waals surface area contributed by atoms with Gasteiger partial charge in [0.2, 0.25) is 0 Å². The second-order valence-electron chi connectivity index (χ2n) is 7.29. The summed E-state index contributed by atoms with van der Waals surface area (Å²) in [4.78, 5) is 32.0. The zero-order chi connectivity index (χ0) is 21.4. The molecule has 2 aromatic rings. The van der Waals surface area contributed by atoms with Crippen LogP contribution >= 0.6 is 11.6 Å². The van der Waals surface area contributed by atoms with Crippen molar-refractivity contribution in [2.75, 3.05) is 45.2 Å². The average Bonchev–Trinajstić information content (AvgIpc) is 3.01. The van der Waals surface area contributed by atoms with Crippen molar-refractivity contribution in [1.82, 2.24) is 9.80 Å². The number of hydrogen-bond acceptors (Lipinski definition) is 5. The summed E-state index contributed by atoms with van der Waals surface area (Å²) in [6.45, 7) is 2.82. The quantitative estimate of drug-likeness (QED) is 0.699. The lowest BCUT2D eigenvalue weighted by molar-refractivity contribution is -0.120. The molecule has 1 saturated heterocycles. The second kappa shape index (κ2) is 8.08. The Labute approximate surface area is 179 Å². The van der Waals surface area contributed by atoms with E-state index in [2.05, 4.69) is 4.90 Å². The van der Waals surface area contributed by atoms with E-state index in [4.69, 9.17) is 16.3 Å². The van der Waals surface area contributed by atoms with E-state index in [0.29, 0.717) is 35.7 Å². The summed E-state index contributed by atoms with van der Waals surface area (Å²) < 4.78 is 18.8. The fraction of sp³-hybridized carbons (Fsp3) is 0.273. The van der Waals surface area contributed by atoms with Gasteiger partial charge in [-0.3, -0.25) is 9.59 Å². The minimum atomic E-state index is -0.609. The van der Waals surface area contributed by atoms with Gasteiger partial charge in [-0.25, -0.2) is 9.29 Å². The van der Waals surface area contributed by atoms with Gasteiger partial charge in [0.1, 0.15) is 17.3 Å². The molecule has 1 fully saturated rings. The number of ether oxygens (including phenoxy) is 1. The predicted octanol–water partition coefficient (Wildman–Crippen LogP) is 3.02. The molecule has 0 atom stereocenters. The van der Waals surface area contributed by atoms with Crippen LogP contribution in [0.15, 0.2) is 48.2 Å². The smallest absolute Gasteiger partial charge is 0.282 e. The zero-order valence-electron chi connectivity index (χ0n) is 16.7. The molecule has 2 amide bonds. The molecule has 0 aromatic heterocycles. The largest absolute Gasteiger partial charge is 0.497 e. The van der Waals surface area contributed by atoms with E-state index in [-0.39, 0.29) is 10.7 Å². The Morgan fingerprint density at radius 1 is 0.967 bits per heavy atom. The Bertz CT molecular complexity index is 1030. The van der Waals surface area contributed by atoms with E-state index >= 15 is 0 Å². The topological polar surface area (TPSA) is 53.1 Å². The number of carbonyl (C=O) groups excluding carboxylic acids is 2. The molecule has 2 aliphatic rings. The van der Waals surface area contributed by atoms with Gasteiger partial charge in [0.05, 0.1) is 23.4 Å². The van der Waals surface area contributed by atoms with Crippen LogP contribution in [0.2, 0.25) is 5.02 Å². The Kier molecular flexibility index (Phi) is 5.49. The van der Waals surface area contributed by atoms with Gasteiger partial charge in [0, 0.05) is 26.2 Å². The summed E-state index contributed by atoms with van der Waals surface area (Å²) in [5.41, 5.74) is 1.55. The first kappa shape index (κ1) is 20.4. The van der Waals surface area contributed by atoms with E-state index < -0.39 is 17.6 Å². The number of halogens is 2. The highest BCUT2D eigenvalue weighted by atomic mass is 35.5. The Balaban J connectivity index is 1.80. The number of methoxy groups -OCH3 is 1. The molecule has 0 spiro atoms. The first-order chi connectivity index (χ1) is 14.4.